The fourth-order valence-electron chi connectivity index (χ4n) is 2.36. The minimum absolute atomic E-state index is 0.0706. The number of anilines is 2. The lowest BCUT2D eigenvalue weighted by atomic mass is 9.92. The van der Waals surface area contributed by atoms with Crippen LogP contribution in [-0.2, 0) is 15.0 Å². The first-order valence-electron chi connectivity index (χ1n) is 7.75. The Kier molecular flexibility index (Phi) is 4.36. The van der Waals surface area contributed by atoms with Crippen molar-refractivity contribution in [1.82, 2.24) is 10.2 Å². The molecule has 0 radical (unpaired) electrons. The van der Waals surface area contributed by atoms with E-state index in [-0.39, 0.29) is 23.7 Å². The van der Waals surface area contributed by atoms with Crippen molar-refractivity contribution in [1.29, 1.82) is 0 Å². The third kappa shape index (κ3) is 3.62. The molecule has 1 aromatic carbocycles. The maximum atomic E-state index is 12.2. The van der Waals surface area contributed by atoms with Crippen LogP contribution < -0.4 is 10.6 Å². The number of aromatic nitrogens is 2. The first kappa shape index (κ1) is 16.6. The molecule has 2 aromatic rings. The van der Waals surface area contributed by atoms with Gasteiger partial charge in [0.05, 0.1) is 10.9 Å². The van der Waals surface area contributed by atoms with Crippen molar-refractivity contribution < 1.29 is 9.59 Å². The predicted molar refractivity (Wildman–Crippen MR) is 95.3 cm³/mol. The number of aromatic amines is 1. The Hall–Kier alpha value is -2.28. The van der Waals surface area contributed by atoms with Gasteiger partial charge in [-0.25, -0.2) is 0 Å². The van der Waals surface area contributed by atoms with Crippen molar-refractivity contribution in [2.24, 2.45) is 0 Å². The van der Waals surface area contributed by atoms with E-state index in [0.717, 1.165) is 16.3 Å². The molecule has 0 fully saturated rings. The van der Waals surface area contributed by atoms with Crippen LogP contribution in [0.4, 0.5) is 11.5 Å². The van der Waals surface area contributed by atoms with Crippen LogP contribution in [0.3, 0.4) is 0 Å². The molecular weight excluding hydrogens is 324 g/mol. The Labute approximate surface area is 144 Å². The van der Waals surface area contributed by atoms with E-state index < -0.39 is 5.25 Å². The molecule has 7 heteroatoms. The summed E-state index contributed by atoms with van der Waals surface area (Å²) in [6.07, 6.45) is 0.0997. The summed E-state index contributed by atoms with van der Waals surface area (Å²) < 4.78 is 0. The van der Waals surface area contributed by atoms with E-state index >= 15 is 0 Å². The summed E-state index contributed by atoms with van der Waals surface area (Å²) in [6.45, 7) is 6.19. The zero-order valence-corrected chi connectivity index (χ0v) is 14.7. The van der Waals surface area contributed by atoms with E-state index in [1.807, 2.05) is 30.3 Å². The monoisotopic (exact) mass is 344 g/mol. The van der Waals surface area contributed by atoms with Gasteiger partial charge >= 0.3 is 0 Å². The molecule has 2 amide bonds. The van der Waals surface area contributed by atoms with Gasteiger partial charge in [-0.1, -0.05) is 32.9 Å². The van der Waals surface area contributed by atoms with Crippen molar-refractivity contribution in [2.75, 3.05) is 10.6 Å². The Bertz CT molecular complexity index is 779. The number of hydrogen-bond donors (Lipinski definition) is 3. The molecule has 1 aliphatic heterocycles. The number of carbonyl (C=O) groups excluding carboxylic acids is 2. The average molecular weight is 344 g/mol. The molecule has 3 N–H and O–H groups in total. The number of nitrogens with zero attached hydrogens (tertiary/aromatic N) is 1. The number of rotatable bonds is 3. The molecule has 0 spiro atoms. The zero-order chi connectivity index (χ0) is 17.3. The number of amides is 2. The first-order chi connectivity index (χ1) is 11.3. The van der Waals surface area contributed by atoms with Gasteiger partial charge in [0.1, 0.15) is 0 Å². The maximum absolute atomic E-state index is 12.2. The number of carbonyl (C=O) groups is 2. The minimum atomic E-state index is -0.444. The zero-order valence-electron chi connectivity index (χ0n) is 13.8. The molecule has 126 valence electrons. The van der Waals surface area contributed by atoms with Crippen molar-refractivity contribution in [3.63, 3.8) is 0 Å². The number of thioether (sulfide) groups is 1. The fourth-order valence-corrected chi connectivity index (χ4v) is 3.47. The SMILES string of the molecule is CC(C)(C)c1cc(NC(=O)CC2Sc3ccccc3NC2=O)n[nH]1. The number of fused-ring (bicyclic) bond motifs is 1. The summed E-state index contributed by atoms with van der Waals surface area (Å²) in [5.41, 5.74) is 1.67. The van der Waals surface area contributed by atoms with Crippen molar-refractivity contribution in [3.05, 3.63) is 36.0 Å². The topological polar surface area (TPSA) is 86.9 Å². The normalized spacial score (nSPS) is 17.1. The molecule has 1 unspecified atom stereocenters. The van der Waals surface area contributed by atoms with Gasteiger partial charge < -0.3 is 10.6 Å². The second-order valence-corrected chi connectivity index (χ2v) is 8.01. The van der Waals surface area contributed by atoms with E-state index in [1.54, 1.807) is 0 Å². The van der Waals surface area contributed by atoms with Crippen molar-refractivity contribution >= 4 is 35.1 Å². The van der Waals surface area contributed by atoms with Crippen LogP contribution in [0, 0.1) is 0 Å². The number of para-hydroxylation sites is 1. The largest absolute Gasteiger partial charge is 0.324 e. The van der Waals surface area contributed by atoms with Crippen LogP contribution in [0.5, 0.6) is 0 Å². The van der Waals surface area contributed by atoms with Crippen LogP contribution in [0.25, 0.3) is 0 Å². The van der Waals surface area contributed by atoms with Gasteiger partial charge in [0, 0.05) is 28.5 Å². The molecular formula is C17H20N4O2S. The molecule has 6 nitrogen and oxygen atoms in total. The molecule has 1 atom stereocenters. The van der Waals surface area contributed by atoms with E-state index in [9.17, 15) is 9.59 Å². The lowest BCUT2D eigenvalue weighted by molar-refractivity contribution is -0.120. The van der Waals surface area contributed by atoms with Gasteiger partial charge in [-0.3, -0.25) is 14.7 Å². The highest BCUT2D eigenvalue weighted by atomic mass is 32.2. The minimum Gasteiger partial charge on any atom is -0.324 e. The van der Waals surface area contributed by atoms with Gasteiger partial charge in [-0.05, 0) is 12.1 Å². The molecule has 3 rings (SSSR count). The van der Waals surface area contributed by atoms with E-state index in [0.29, 0.717) is 5.82 Å². The van der Waals surface area contributed by atoms with Crippen LogP contribution in [0.15, 0.2) is 35.2 Å². The lowest BCUT2D eigenvalue weighted by Gasteiger charge is -2.23. The third-order valence-electron chi connectivity index (χ3n) is 3.73. The van der Waals surface area contributed by atoms with Crippen LogP contribution in [-0.4, -0.2) is 27.3 Å². The summed E-state index contributed by atoms with van der Waals surface area (Å²) in [4.78, 5) is 25.4. The Morgan fingerprint density at radius 1 is 1.33 bits per heavy atom. The quantitative estimate of drug-likeness (QED) is 0.798. The summed E-state index contributed by atoms with van der Waals surface area (Å²) >= 11 is 1.41. The maximum Gasteiger partial charge on any atom is 0.238 e. The van der Waals surface area contributed by atoms with Gasteiger partial charge in [-0.15, -0.1) is 11.8 Å². The second-order valence-electron chi connectivity index (χ2n) is 6.76. The predicted octanol–water partition coefficient (Wildman–Crippen LogP) is 3.15. The van der Waals surface area contributed by atoms with Crippen molar-refractivity contribution in [2.45, 2.75) is 42.8 Å². The Balaban J connectivity index is 1.63. The van der Waals surface area contributed by atoms with Crippen molar-refractivity contribution in [3.8, 4) is 0 Å². The van der Waals surface area contributed by atoms with Gasteiger partial charge in [0.15, 0.2) is 5.82 Å². The van der Waals surface area contributed by atoms with E-state index in [2.05, 4.69) is 41.6 Å². The summed E-state index contributed by atoms with van der Waals surface area (Å²) in [5, 5.41) is 12.2. The highest BCUT2D eigenvalue weighted by molar-refractivity contribution is 8.01. The second kappa shape index (κ2) is 6.32. The third-order valence-corrected chi connectivity index (χ3v) is 5.01. The smallest absolute Gasteiger partial charge is 0.238 e. The molecule has 0 bridgehead atoms. The molecule has 24 heavy (non-hydrogen) atoms. The summed E-state index contributed by atoms with van der Waals surface area (Å²) in [7, 11) is 0. The molecule has 1 aliphatic rings. The number of hydrogen-bond acceptors (Lipinski definition) is 4. The molecule has 0 saturated carbocycles. The lowest BCUT2D eigenvalue weighted by Crippen LogP contribution is -2.32. The first-order valence-corrected chi connectivity index (χ1v) is 8.63. The molecule has 1 aromatic heterocycles. The Morgan fingerprint density at radius 2 is 2.08 bits per heavy atom. The van der Waals surface area contributed by atoms with Gasteiger partial charge in [-0.2, -0.15) is 5.10 Å². The van der Waals surface area contributed by atoms with Gasteiger partial charge in [0.25, 0.3) is 0 Å². The van der Waals surface area contributed by atoms with Gasteiger partial charge in [0.2, 0.25) is 11.8 Å². The van der Waals surface area contributed by atoms with E-state index in [4.69, 9.17) is 0 Å². The molecule has 0 saturated heterocycles. The highest BCUT2D eigenvalue weighted by Crippen LogP contribution is 2.36. The number of nitrogens with one attached hydrogen (secondary N) is 3. The number of H-pyrrole nitrogens is 1. The molecule has 0 aliphatic carbocycles. The summed E-state index contributed by atoms with van der Waals surface area (Å²) in [5.74, 6) is 0.104. The van der Waals surface area contributed by atoms with E-state index in [1.165, 1.54) is 11.8 Å². The highest BCUT2D eigenvalue weighted by Gasteiger charge is 2.29. The number of benzene rings is 1. The average Bonchev–Trinajstić information content (AvgIpc) is 2.96. The standard InChI is InChI=1S/C17H20N4O2S/c1-17(2,3)13-9-14(21-20-13)19-15(22)8-12-16(23)18-10-6-4-5-7-11(10)24-12/h4-7,9,12H,8H2,1-3H3,(H,18,23)(H2,19,20,21,22). The van der Waals surface area contributed by atoms with Crippen LogP contribution >= 0.6 is 11.8 Å². The Morgan fingerprint density at radius 3 is 2.79 bits per heavy atom. The molecule has 2 heterocycles. The van der Waals surface area contributed by atoms with Crippen LogP contribution in [0.1, 0.15) is 32.9 Å². The van der Waals surface area contributed by atoms with Crippen LogP contribution in [0.2, 0.25) is 0 Å². The fraction of sp³-hybridized carbons (Fsp3) is 0.353. The summed E-state index contributed by atoms with van der Waals surface area (Å²) in [6, 6.07) is 9.40.